The maximum Gasteiger partial charge on any atom is 0.167 e. The fourth-order valence-corrected chi connectivity index (χ4v) is 3.28. The van der Waals surface area contributed by atoms with Crippen molar-refractivity contribution in [1.82, 2.24) is 9.55 Å². The minimum atomic E-state index is -0.184. The number of rotatable bonds is 0. The van der Waals surface area contributed by atoms with Gasteiger partial charge in [-0.2, -0.15) is 0 Å². The third kappa shape index (κ3) is 1.27. The minimum Gasteiger partial charge on any atom is -0.477 e. The van der Waals surface area contributed by atoms with E-state index in [2.05, 4.69) is 21.7 Å². The molecule has 0 amide bonds. The smallest absolute Gasteiger partial charge is 0.167 e. The number of aromatic nitrogens is 2. The maximum atomic E-state index is 6.36. The standard InChI is InChI=1S/C15H16N2O/c1-4-8-15(9-5-1)14-16-10-11-17(14)12-6-2-3-7-13(12)18-15/h2-3,6-7,10-11H,1,4-5,8-9H2. The second-order valence-electron chi connectivity index (χ2n) is 5.25. The molecule has 0 saturated heterocycles. The maximum absolute atomic E-state index is 6.36. The Morgan fingerprint density at radius 2 is 1.94 bits per heavy atom. The number of nitrogens with zero attached hydrogens (tertiary/aromatic N) is 2. The average Bonchev–Trinajstić information content (AvgIpc) is 2.90. The fourth-order valence-electron chi connectivity index (χ4n) is 3.28. The van der Waals surface area contributed by atoms with Gasteiger partial charge in [0.1, 0.15) is 5.75 Å². The van der Waals surface area contributed by atoms with Crippen molar-refractivity contribution >= 4 is 0 Å². The van der Waals surface area contributed by atoms with Crippen LogP contribution >= 0.6 is 0 Å². The molecule has 3 nitrogen and oxygen atoms in total. The van der Waals surface area contributed by atoms with Crippen molar-refractivity contribution in [2.45, 2.75) is 37.7 Å². The van der Waals surface area contributed by atoms with E-state index in [-0.39, 0.29) is 5.60 Å². The van der Waals surface area contributed by atoms with E-state index in [0.717, 1.165) is 30.1 Å². The SMILES string of the molecule is c1ccc2c(c1)OC1(CCCCC1)c1nccn1-2. The van der Waals surface area contributed by atoms with E-state index in [4.69, 9.17) is 4.74 Å². The lowest BCUT2D eigenvalue weighted by molar-refractivity contribution is 0.00934. The first-order valence-corrected chi connectivity index (χ1v) is 6.71. The van der Waals surface area contributed by atoms with Gasteiger partial charge in [-0.05, 0) is 37.8 Å². The first-order valence-electron chi connectivity index (χ1n) is 6.71. The van der Waals surface area contributed by atoms with Crippen LogP contribution in [0.15, 0.2) is 36.7 Å². The molecule has 1 aliphatic carbocycles. The summed E-state index contributed by atoms with van der Waals surface area (Å²) in [5.74, 6) is 2.07. The van der Waals surface area contributed by atoms with Gasteiger partial charge in [0, 0.05) is 12.4 Å². The summed E-state index contributed by atoms with van der Waals surface area (Å²) in [6, 6.07) is 8.24. The van der Waals surface area contributed by atoms with Gasteiger partial charge in [-0.3, -0.25) is 4.57 Å². The molecule has 1 aromatic carbocycles. The lowest BCUT2D eigenvalue weighted by atomic mass is 9.83. The molecule has 1 aromatic heterocycles. The molecule has 0 unspecified atom stereocenters. The molecule has 92 valence electrons. The highest BCUT2D eigenvalue weighted by molar-refractivity contribution is 5.50. The van der Waals surface area contributed by atoms with Crippen LogP contribution < -0.4 is 4.74 Å². The largest absolute Gasteiger partial charge is 0.477 e. The zero-order valence-electron chi connectivity index (χ0n) is 10.3. The Balaban J connectivity index is 1.92. The van der Waals surface area contributed by atoms with Crippen LogP contribution in [-0.2, 0) is 5.60 Å². The number of benzene rings is 1. The summed E-state index contributed by atoms with van der Waals surface area (Å²) in [7, 11) is 0. The van der Waals surface area contributed by atoms with Crippen LogP contribution in [0, 0.1) is 0 Å². The number of ether oxygens (including phenoxy) is 1. The number of hydrogen-bond acceptors (Lipinski definition) is 2. The van der Waals surface area contributed by atoms with E-state index in [1.54, 1.807) is 0 Å². The van der Waals surface area contributed by atoms with Gasteiger partial charge in [0.25, 0.3) is 0 Å². The molecular weight excluding hydrogens is 224 g/mol. The molecule has 2 aromatic rings. The third-order valence-corrected chi connectivity index (χ3v) is 4.14. The number of hydrogen-bond donors (Lipinski definition) is 0. The van der Waals surface area contributed by atoms with Crippen molar-refractivity contribution in [3.05, 3.63) is 42.5 Å². The third-order valence-electron chi connectivity index (χ3n) is 4.14. The van der Waals surface area contributed by atoms with E-state index < -0.39 is 0 Å². The summed E-state index contributed by atoms with van der Waals surface area (Å²) < 4.78 is 8.56. The Morgan fingerprint density at radius 3 is 2.83 bits per heavy atom. The highest BCUT2D eigenvalue weighted by Gasteiger charge is 2.43. The normalized spacial score (nSPS) is 20.0. The molecule has 1 saturated carbocycles. The summed E-state index contributed by atoms with van der Waals surface area (Å²) in [5, 5.41) is 0. The van der Waals surface area contributed by atoms with Crippen molar-refractivity contribution in [3.8, 4) is 11.4 Å². The van der Waals surface area contributed by atoms with Crippen LogP contribution in [0.1, 0.15) is 37.9 Å². The summed E-state index contributed by atoms with van der Waals surface area (Å²) in [4.78, 5) is 4.57. The van der Waals surface area contributed by atoms with Crippen LogP contribution in [0.2, 0.25) is 0 Å². The average molecular weight is 240 g/mol. The van der Waals surface area contributed by atoms with Gasteiger partial charge in [0.15, 0.2) is 11.4 Å². The molecule has 2 aliphatic rings. The van der Waals surface area contributed by atoms with Gasteiger partial charge in [0.2, 0.25) is 0 Å². The number of imidazole rings is 1. The molecular formula is C15H16N2O. The van der Waals surface area contributed by atoms with Crippen molar-refractivity contribution in [2.75, 3.05) is 0 Å². The molecule has 1 aliphatic heterocycles. The lowest BCUT2D eigenvalue weighted by Crippen LogP contribution is -2.40. The van der Waals surface area contributed by atoms with Crippen molar-refractivity contribution in [1.29, 1.82) is 0 Å². The first kappa shape index (κ1) is 10.2. The van der Waals surface area contributed by atoms with Gasteiger partial charge in [-0.1, -0.05) is 18.6 Å². The second kappa shape index (κ2) is 3.61. The Kier molecular flexibility index (Phi) is 2.04. The van der Waals surface area contributed by atoms with E-state index in [1.807, 2.05) is 24.5 Å². The predicted octanol–water partition coefficient (Wildman–Crippen LogP) is 3.42. The zero-order chi connectivity index (χ0) is 12.0. The van der Waals surface area contributed by atoms with E-state index in [9.17, 15) is 0 Å². The summed E-state index contributed by atoms with van der Waals surface area (Å²) >= 11 is 0. The van der Waals surface area contributed by atoms with Gasteiger partial charge in [-0.25, -0.2) is 4.98 Å². The fraction of sp³-hybridized carbons (Fsp3) is 0.400. The van der Waals surface area contributed by atoms with Crippen molar-refractivity contribution in [2.24, 2.45) is 0 Å². The van der Waals surface area contributed by atoms with Gasteiger partial charge in [0.05, 0.1) is 5.69 Å². The number of fused-ring (bicyclic) bond motifs is 4. The monoisotopic (exact) mass is 240 g/mol. The molecule has 0 atom stereocenters. The van der Waals surface area contributed by atoms with Gasteiger partial charge < -0.3 is 4.74 Å². The molecule has 18 heavy (non-hydrogen) atoms. The first-order chi connectivity index (χ1) is 8.89. The lowest BCUT2D eigenvalue weighted by Gasteiger charge is -2.40. The van der Waals surface area contributed by atoms with Crippen molar-refractivity contribution in [3.63, 3.8) is 0 Å². The molecule has 0 bridgehead atoms. The summed E-state index contributed by atoms with van der Waals surface area (Å²) in [6.45, 7) is 0. The zero-order valence-corrected chi connectivity index (χ0v) is 10.3. The van der Waals surface area contributed by atoms with Gasteiger partial charge >= 0.3 is 0 Å². The highest BCUT2D eigenvalue weighted by Crippen LogP contribution is 2.45. The Bertz CT molecular complexity index is 582. The molecule has 0 radical (unpaired) electrons. The van der Waals surface area contributed by atoms with Crippen molar-refractivity contribution < 1.29 is 4.74 Å². The topological polar surface area (TPSA) is 27.1 Å². The second-order valence-corrected chi connectivity index (χ2v) is 5.25. The predicted molar refractivity (Wildman–Crippen MR) is 69.0 cm³/mol. The number of para-hydroxylation sites is 2. The molecule has 3 heteroatoms. The van der Waals surface area contributed by atoms with Crippen LogP contribution in [-0.4, -0.2) is 9.55 Å². The van der Waals surface area contributed by atoms with Crippen LogP contribution in [0.5, 0.6) is 5.75 Å². The highest BCUT2D eigenvalue weighted by atomic mass is 16.5. The summed E-state index contributed by atoms with van der Waals surface area (Å²) in [5.41, 5.74) is 0.928. The molecule has 0 N–H and O–H groups in total. The molecule has 4 rings (SSSR count). The Morgan fingerprint density at radius 1 is 1.11 bits per heavy atom. The summed E-state index contributed by atoms with van der Waals surface area (Å²) in [6.07, 6.45) is 9.87. The van der Waals surface area contributed by atoms with Crippen LogP contribution in [0.3, 0.4) is 0 Å². The molecule has 1 spiro atoms. The molecule has 2 heterocycles. The van der Waals surface area contributed by atoms with E-state index >= 15 is 0 Å². The van der Waals surface area contributed by atoms with E-state index in [1.165, 1.54) is 19.3 Å². The van der Waals surface area contributed by atoms with Crippen LogP contribution in [0.25, 0.3) is 5.69 Å². The quantitative estimate of drug-likeness (QED) is 0.705. The van der Waals surface area contributed by atoms with Gasteiger partial charge in [-0.15, -0.1) is 0 Å². The minimum absolute atomic E-state index is 0.184. The molecule has 1 fully saturated rings. The Labute approximate surface area is 106 Å². The Hall–Kier alpha value is -1.77. The van der Waals surface area contributed by atoms with E-state index in [0.29, 0.717) is 0 Å². The van der Waals surface area contributed by atoms with Crippen LogP contribution in [0.4, 0.5) is 0 Å².